The molecule has 0 aromatic heterocycles. The number of hydrogen-bond acceptors (Lipinski definition) is 3. The van der Waals surface area contributed by atoms with Gasteiger partial charge in [0.2, 0.25) is 0 Å². The van der Waals surface area contributed by atoms with Crippen molar-refractivity contribution in [1.82, 2.24) is 0 Å². The third-order valence-electron chi connectivity index (χ3n) is 3.97. The first-order valence-electron chi connectivity index (χ1n) is 7.30. The predicted molar refractivity (Wildman–Crippen MR) is 85.6 cm³/mol. The Labute approximate surface area is 134 Å². The molecule has 23 heavy (non-hydrogen) atoms. The number of aromatic carboxylic acids is 1. The Hall–Kier alpha value is -2.82. The van der Waals surface area contributed by atoms with E-state index in [9.17, 15) is 9.59 Å². The van der Waals surface area contributed by atoms with Gasteiger partial charge in [0.1, 0.15) is 11.6 Å². The first-order valence-corrected chi connectivity index (χ1v) is 7.30. The van der Waals surface area contributed by atoms with Crippen LogP contribution in [-0.4, -0.2) is 22.8 Å². The lowest BCUT2D eigenvalue weighted by atomic mass is 9.91. The van der Waals surface area contributed by atoms with Crippen LogP contribution in [0, 0.1) is 0 Å². The smallest absolute Gasteiger partial charge is 0.415 e. The number of hydrogen-bond donors (Lipinski definition) is 1. The van der Waals surface area contributed by atoms with Crippen LogP contribution >= 0.6 is 0 Å². The zero-order valence-corrected chi connectivity index (χ0v) is 12.9. The fourth-order valence-corrected chi connectivity index (χ4v) is 2.95. The molecule has 1 fully saturated rings. The van der Waals surface area contributed by atoms with Crippen LogP contribution in [0.15, 0.2) is 54.6 Å². The Balaban J connectivity index is 2.04. The standard InChI is InChI=1S/C18H17NO4/c1-18(2)15(12-6-4-3-5-7-12)19(17(22)23-18)14-10-8-13(9-11-14)16(20)21/h3-11,15H,1-2H3,(H,20,21). The largest absolute Gasteiger partial charge is 0.478 e. The van der Waals surface area contributed by atoms with Crippen molar-refractivity contribution < 1.29 is 19.4 Å². The lowest BCUT2D eigenvalue weighted by Crippen LogP contribution is -2.33. The predicted octanol–water partition coefficient (Wildman–Crippen LogP) is 3.86. The third-order valence-corrected chi connectivity index (χ3v) is 3.97. The van der Waals surface area contributed by atoms with Crippen molar-refractivity contribution >= 4 is 17.7 Å². The molecule has 0 bridgehead atoms. The van der Waals surface area contributed by atoms with Crippen LogP contribution in [0.25, 0.3) is 0 Å². The minimum absolute atomic E-state index is 0.178. The highest BCUT2D eigenvalue weighted by Crippen LogP contribution is 2.43. The summed E-state index contributed by atoms with van der Waals surface area (Å²) in [4.78, 5) is 24.9. The van der Waals surface area contributed by atoms with Crippen LogP contribution in [0.3, 0.4) is 0 Å². The molecule has 1 amide bonds. The Morgan fingerprint density at radius 2 is 1.70 bits per heavy atom. The zero-order valence-electron chi connectivity index (χ0n) is 12.9. The Bertz CT molecular complexity index is 737. The van der Waals surface area contributed by atoms with Gasteiger partial charge in [0, 0.05) is 5.69 Å². The molecule has 2 aromatic rings. The van der Waals surface area contributed by atoms with E-state index in [0.717, 1.165) is 5.56 Å². The van der Waals surface area contributed by atoms with Gasteiger partial charge < -0.3 is 9.84 Å². The molecule has 1 aliphatic heterocycles. The molecule has 1 unspecified atom stereocenters. The van der Waals surface area contributed by atoms with Crippen molar-refractivity contribution in [1.29, 1.82) is 0 Å². The summed E-state index contributed by atoms with van der Waals surface area (Å²) in [5.74, 6) is -1.000. The van der Waals surface area contributed by atoms with Crippen LogP contribution in [0.2, 0.25) is 0 Å². The highest BCUT2D eigenvalue weighted by atomic mass is 16.6. The molecule has 0 saturated carbocycles. The van der Waals surface area contributed by atoms with Crippen molar-refractivity contribution in [3.8, 4) is 0 Å². The first-order chi connectivity index (χ1) is 10.9. The van der Waals surface area contributed by atoms with Crippen molar-refractivity contribution in [2.45, 2.75) is 25.5 Å². The van der Waals surface area contributed by atoms with Crippen LogP contribution < -0.4 is 4.90 Å². The lowest BCUT2D eigenvalue weighted by molar-refractivity contribution is 0.0679. The summed E-state index contributed by atoms with van der Waals surface area (Å²) in [5.41, 5.74) is 1.06. The van der Waals surface area contributed by atoms with E-state index in [-0.39, 0.29) is 11.6 Å². The first kappa shape index (κ1) is 15.1. The Morgan fingerprint density at radius 1 is 1.09 bits per heavy atom. The average molecular weight is 311 g/mol. The number of carbonyl (C=O) groups excluding carboxylic acids is 1. The number of carboxylic acids is 1. The van der Waals surface area contributed by atoms with Gasteiger partial charge in [0.25, 0.3) is 0 Å². The topological polar surface area (TPSA) is 66.8 Å². The minimum Gasteiger partial charge on any atom is -0.478 e. The quantitative estimate of drug-likeness (QED) is 0.934. The van der Waals surface area contributed by atoms with Crippen molar-refractivity contribution in [2.75, 3.05) is 4.90 Å². The van der Waals surface area contributed by atoms with Gasteiger partial charge in [-0.3, -0.25) is 4.90 Å². The minimum atomic E-state index is -1.000. The van der Waals surface area contributed by atoms with E-state index in [0.29, 0.717) is 5.69 Å². The molecule has 1 atom stereocenters. The van der Waals surface area contributed by atoms with Crippen LogP contribution in [0.1, 0.15) is 35.8 Å². The van der Waals surface area contributed by atoms with E-state index in [1.165, 1.54) is 12.1 Å². The fourth-order valence-electron chi connectivity index (χ4n) is 2.95. The second-order valence-electron chi connectivity index (χ2n) is 6.01. The molecule has 5 heteroatoms. The molecule has 118 valence electrons. The summed E-state index contributed by atoms with van der Waals surface area (Å²) < 4.78 is 5.53. The van der Waals surface area contributed by atoms with E-state index in [1.807, 2.05) is 44.2 Å². The van der Waals surface area contributed by atoms with Gasteiger partial charge in [-0.1, -0.05) is 30.3 Å². The van der Waals surface area contributed by atoms with Crippen LogP contribution in [0.4, 0.5) is 10.5 Å². The summed E-state index contributed by atoms with van der Waals surface area (Å²) in [6, 6.07) is 15.6. The lowest BCUT2D eigenvalue weighted by Gasteiger charge is -2.29. The summed E-state index contributed by atoms with van der Waals surface area (Å²) in [7, 11) is 0. The molecule has 5 nitrogen and oxygen atoms in total. The summed E-state index contributed by atoms with van der Waals surface area (Å²) in [6.07, 6.45) is -0.438. The van der Waals surface area contributed by atoms with Gasteiger partial charge >= 0.3 is 12.1 Å². The number of rotatable bonds is 3. The summed E-state index contributed by atoms with van der Waals surface area (Å²) >= 11 is 0. The molecule has 0 aliphatic carbocycles. The summed E-state index contributed by atoms with van der Waals surface area (Å²) in [5, 5.41) is 9.00. The van der Waals surface area contributed by atoms with Crippen LogP contribution in [0.5, 0.6) is 0 Å². The molecule has 1 heterocycles. The maximum absolute atomic E-state index is 12.4. The number of carbonyl (C=O) groups is 2. The van der Waals surface area contributed by atoms with Gasteiger partial charge in [-0.2, -0.15) is 0 Å². The van der Waals surface area contributed by atoms with Crippen molar-refractivity contribution in [3.63, 3.8) is 0 Å². The maximum Gasteiger partial charge on any atom is 0.415 e. The zero-order chi connectivity index (χ0) is 16.6. The fraction of sp³-hybridized carbons (Fsp3) is 0.222. The third kappa shape index (κ3) is 2.65. The maximum atomic E-state index is 12.4. The Kier molecular flexibility index (Phi) is 3.56. The van der Waals surface area contributed by atoms with Gasteiger partial charge in [0.15, 0.2) is 0 Å². The average Bonchev–Trinajstić information content (AvgIpc) is 2.77. The van der Waals surface area contributed by atoms with E-state index in [1.54, 1.807) is 17.0 Å². The summed E-state index contributed by atoms with van der Waals surface area (Å²) in [6.45, 7) is 3.74. The molecule has 0 spiro atoms. The van der Waals surface area contributed by atoms with Gasteiger partial charge in [-0.15, -0.1) is 0 Å². The molecule has 3 rings (SSSR count). The van der Waals surface area contributed by atoms with Crippen LogP contribution in [-0.2, 0) is 4.74 Å². The molecule has 1 aliphatic rings. The SMILES string of the molecule is CC1(C)OC(=O)N(c2ccc(C(=O)O)cc2)C1c1ccccc1. The van der Waals surface area contributed by atoms with E-state index in [2.05, 4.69) is 0 Å². The second kappa shape index (κ2) is 5.43. The highest BCUT2D eigenvalue weighted by Gasteiger charge is 2.49. The monoisotopic (exact) mass is 311 g/mol. The second-order valence-corrected chi connectivity index (χ2v) is 6.01. The number of benzene rings is 2. The number of amides is 1. The van der Waals surface area contributed by atoms with Crippen molar-refractivity contribution in [2.24, 2.45) is 0 Å². The molecular formula is C18H17NO4. The highest BCUT2D eigenvalue weighted by molar-refractivity contribution is 5.93. The van der Waals surface area contributed by atoms with E-state index in [4.69, 9.17) is 9.84 Å². The van der Waals surface area contributed by atoms with Crippen molar-refractivity contribution in [3.05, 3.63) is 65.7 Å². The molecule has 1 N–H and O–H groups in total. The normalized spacial score (nSPS) is 19.5. The number of carboxylic acid groups (broad SMARTS) is 1. The number of anilines is 1. The molecule has 1 saturated heterocycles. The molecule has 0 radical (unpaired) electrons. The van der Waals surface area contributed by atoms with Gasteiger partial charge in [0.05, 0.1) is 5.56 Å². The Morgan fingerprint density at radius 3 is 2.26 bits per heavy atom. The van der Waals surface area contributed by atoms with E-state index < -0.39 is 17.7 Å². The van der Waals surface area contributed by atoms with E-state index >= 15 is 0 Å². The number of cyclic esters (lactones) is 1. The molecule has 2 aromatic carbocycles. The number of nitrogens with zero attached hydrogens (tertiary/aromatic N) is 1. The van der Waals surface area contributed by atoms with Gasteiger partial charge in [-0.25, -0.2) is 9.59 Å². The molecular weight excluding hydrogens is 294 g/mol. The number of ether oxygens (including phenoxy) is 1. The van der Waals surface area contributed by atoms with Gasteiger partial charge in [-0.05, 0) is 43.7 Å².